The maximum Gasteiger partial charge on any atom is 0.240 e. The van der Waals surface area contributed by atoms with Crippen LogP contribution in [0.25, 0.3) is 0 Å². The van der Waals surface area contributed by atoms with Gasteiger partial charge in [0.2, 0.25) is 5.91 Å². The Balaban J connectivity index is 2.09. The lowest BCUT2D eigenvalue weighted by Crippen LogP contribution is -2.47. The zero-order valence-electron chi connectivity index (χ0n) is 11.1. The van der Waals surface area contributed by atoms with Crippen molar-refractivity contribution in [3.63, 3.8) is 0 Å². The molecule has 0 unspecified atom stereocenters. The van der Waals surface area contributed by atoms with Crippen LogP contribution in [0.2, 0.25) is 0 Å². The Bertz CT molecular complexity index is 510. The van der Waals surface area contributed by atoms with Crippen LogP contribution in [-0.2, 0) is 10.2 Å². The van der Waals surface area contributed by atoms with Gasteiger partial charge in [-0.2, -0.15) is 0 Å². The van der Waals surface area contributed by atoms with Crippen LogP contribution in [0.3, 0.4) is 0 Å². The van der Waals surface area contributed by atoms with E-state index in [-0.39, 0.29) is 18.0 Å². The molecule has 0 atom stereocenters. The van der Waals surface area contributed by atoms with Crippen molar-refractivity contribution in [3.05, 3.63) is 35.4 Å². The van der Waals surface area contributed by atoms with Gasteiger partial charge in [-0.1, -0.05) is 13.8 Å². The molecule has 2 rings (SSSR count). The van der Waals surface area contributed by atoms with Crippen LogP contribution in [0.1, 0.15) is 32.3 Å². The minimum absolute atomic E-state index is 0.213. The van der Waals surface area contributed by atoms with Gasteiger partial charge in [0.05, 0.1) is 5.54 Å². The van der Waals surface area contributed by atoms with Gasteiger partial charge in [-0.05, 0) is 36.6 Å². The first-order valence-corrected chi connectivity index (χ1v) is 6.27. The van der Waals surface area contributed by atoms with E-state index >= 15 is 0 Å². The summed E-state index contributed by atoms with van der Waals surface area (Å²) in [7, 11) is 0. The number of halogens is 2. The average molecular weight is 268 g/mol. The third kappa shape index (κ3) is 2.92. The highest BCUT2D eigenvalue weighted by molar-refractivity contribution is 5.89. The molecule has 0 heterocycles. The Morgan fingerprint density at radius 3 is 2.63 bits per heavy atom. The summed E-state index contributed by atoms with van der Waals surface area (Å²) >= 11 is 0. The van der Waals surface area contributed by atoms with E-state index in [1.54, 1.807) is 13.8 Å². The van der Waals surface area contributed by atoms with Crippen LogP contribution in [0.15, 0.2) is 18.2 Å². The van der Waals surface area contributed by atoms with Crippen molar-refractivity contribution in [2.45, 2.75) is 37.6 Å². The summed E-state index contributed by atoms with van der Waals surface area (Å²) in [6, 6.07) is 3.34. The molecule has 0 bridgehead atoms. The highest BCUT2D eigenvalue weighted by atomic mass is 19.1. The Kier molecular flexibility index (Phi) is 3.34. The number of amides is 1. The smallest absolute Gasteiger partial charge is 0.240 e. The van der Waals surface area contributed by atoms with Gasteiger partial charge in [0.25, 0.3) is 0 Å². The van der Waals surface area contributed by atoms with Gasteiger partial charge in [0, 0.05) is 12.0 Å². The minimum Gasteiger partial charge on any atom is -0.354 e. The zero-order valence-corrected chi connectivity index (χ0v) is 11.1. The van der Waals surface area contributed by atoms with Crippen molar-refractivity contribution in [2.24, 2.45) is 5.73 Å². The molecule has 1 saturated carbocycles. The Morgan fingerprint density at radius 2 is 2.05 bits per heavy atom. The van der Waals surface area contributed by atoms with Crippen LogP contribution in [0.4, 0.5) is 8.78 Å². The van der Waals surface area contributed by atoms with Crippen molar-refractivity contribution in [1.29, 1.82) is 0 Å². The molecular formula is C14H18F2N2O. The Morgan fingerprint density at radius 1 is 1.42 bits per heavy atom. The fourth-order valence-corrected chi connectivity index (χ4v) is 1.95. The van der Waals surface area contributed by atoms with Crippen LogP contribution in [0.5, 0.6) is 0 Å². The van der Waals surface area contributed by atoms with E-state index in [9.17, 15) is 13.6 Å². The van der Waals surface area contributed by atoms with Crippen LogP contribution < -0.4 is 11.1 Å². The highest BCUT2D eigenvalue weighted by Crippen LogP contribution is 2.33. The first kappa shape index (κ1) is 13.9. The number of benzene rings is 1. The summed E-state index contributed by atoms with van der Waals surface area (Å²) in [5.74, 6) is -1.19. The van der Waals surface area contributed by atoms with Gasteiger partial charge in [-0.15, -0.1) is 0 Å². The third-order valence-corrected chi connectivity index (χ3v) is 3.59. The van der Waals surface area contributed by atoms with Crippen molar-refractivity contribution in [3.8, 4) is 0 Å². The zero-order chi connectivity index (χ0) is 14.3. The molecule has 3 nitrogen and oxygen atoms in total. The van der Waals surface area contributed by atoms with Crippen LogP contribution in [0, 0.1) is 11.6 Å². The lowest BCUT2D eigenvalue weighted by molar-refractivity contribution is -0.123. The molecule has 3 N–H and O–H groups in total. The molecule has 1 aromatic carbocycles. The molecule has 19 heavy (non-hydrogen) atoms. The maximum absolute atomic E-state index is 13.7. The molecule has 1 aliphatic rings. The first-order chi connectivity index (χ1) is 8.74. The van der Waals surface area contributed by atoms with E-state index < -0.39 is 22.6 Å². The maximum atomic E-state index is 13.7. The van der Waals surface area contributed by atoms with Gasteiger partial charge in [0.15, 0.2) is 0 Å². The number of rotatable bonds is 4. The standard InChI is InChI=1S/C14H18F2N2O/c1-13(2,8-18-12(19)14(17)5-6-14)10-7-9(15)3-4-11(10)16/h3-4,7H,5-6,8,17H2,1-2H3,(H,18,19). The summed E-state index contributed by atoms with van der Waals surface area (Å²) < 4.78 is 26.9. The number of carbonyl (C=O) groups excluding carboxylic acids is 1. The van der Waals surface area contributed by atoms with E-state index in [0.29, 0.717) is 12.8 Å². The van der Waals surface area contributed by atoms with E-state index in [0.717, 1.165) is 18.2 Å². The Hall–Kier alpha value is -1.49. The second kappa shape index (κ2) is 4.56. The number of nitrogens with one attached hydrogen (secondary N) is 1. The molecule has 0 radical (unpaired) electrons. The molecule has 1 aromatic rings. The molecule has 5 heteroatoms. The molecule has 0 spiro atoms. The molecule has 0 aromatic heterocycles. The van der Waals surface area contributed by atoms with Gasteiger partial charge < -0.3 is 11.1 Å². The van der Waals surface area contributed by atoms with Gasteiger partial charge >= 0.3 is 0 Å². The van der Waals surface area contributed by atoms with Gasteiger partial charge in [-0.3, -0.25) is 4.79 Å². The van der Waals surface area contributed by atoms with E-state index in [1.807, 2.05) is 0 Å². The quantitative estimate of drug-likeness (QED) is 0.875. The topological polar surface area (TPSA) is 55.1 Å². The largest absolute Gasteiger partial charge is 0.354 e. The predicted octanol–water partition coefficient (Wildman–Crippen LogP) is 1.85. The average Bonchev–Trinajstić information content (AvgIpc) is 3.09. The summed E-state index contributed by atoms with van der Waals surface area (Å²) in [6.45, 7) is 3.72. The normalized spacial score (nSPS) is 17.1. The summed E-state index contributed by atoms with van der Waals surface area (Å²) in [5.41, 5.74) is 4.56. The summed E-state index contributed by atoms with van der Waals surface area (Å²) in [6.07, 6.45) is 1.35. The molecule has 1 amide bonds. The van der Waals surface area contributed by atoms with E-state index in [1.165, 1.54) is 0 Å². The van der Waals surface area contributed by atoms with Crippen LogP contribution >= 0.6 is 0 Å². The molecule has 1 aliphatic carbocycles. The van der Waals surface area contributed by atoms with E-state index in [2.05, 4.69) is 5.32 Å². The lowest BCUT2D eigenvalue weighted by atomic mass is 9.84. The number of nitrogens with two attached hydrogens (primary N) is 1. The van der Waals surface area contributed by atoms with Gasteiger partial charge in [0.1, 0.15) is 11.6 Å². The van der Waals surface area contributed by atoms with Crippen molar-refractivity contribution >= 4 is 5.91 Å². The SMILES string of the molecule is CC(C)(CNC(=O)C1(N)CC1)c1cc(F)ccc1F. The summed E-state index contributed by atoms with van der Waals surface area (Å²) in [5, 5.41) is 2.72. The predicted molar refractivity (Wildman–Crippen MR) is 68.5 cm³/mol. The third-order valence-electron chi connectivity index (χ3n) is 3.59. The van der Waals surface area contributed by atoms with Crippen molar-refractivity contribution < 1.29 is 13.6 Å². The second-order valence-corrected chi connectivity index (χ2v) is 5.85. The molecule has 0 aliphatic heterocycles. The van der Waals surface area contributed by atoms with Crippen molar-refractivity contribution in [2.75, 3.05) is 6.54 Å². The Labute approximate surface area is 111 Å². The molecule has 0 saturated heterocycles. The lowest BCUT2D eigenvalue weighted by Gasteiger charge is -2.27. The van der Waals surface area contributed by atoms with Crippen LogP contribution in [-0.4, -0.2) is 18.0 Å². The first-order valence-electron chi connectivity index (χ1n) is 6.27. The number of hydrogen-bond acceptors (Lipinski definition) is 2. The number of carbonyl (C=O) groups is 1. The highest BCUT2D eigenvalue weighted by Gasteiger charge is 2.46. The van der Waals surface area contributed by atoms with E-state index in [4.69, 9.17) is 5.73 Å². The molecule has 104 valence electrons. The van der Waals surface area contributed by atoms with Crippen molar-refractivity contribution in [1.82, 2.24) is 5.32 Å². The molecular weight excluding hydrogens is 250 g/mol. The minimum atomic E-state index is -0.753. The number of hydrogen-bond donors (Lipinski definition) is 2. The van der Waals surface area contributed by atoms with Gasteiger partial charge in [-0.25, -0.2) is 8.78 Å². The second-order valence-electron chi connectivity index (χ2n) is 5.85. The molecule has 1 fully saturated rings. The fourth-order valence-electron chi connectivity index (χ4n) is 1.95. The fraction of sp³-hybridized carbons (Fsp3) is 0.500. The summed E-state index contributed by atoms with van der Waals surface area (Å²) in [4.78, 5) is 11.8. The monoisotopic (exact) mass is 268 g/mol.